The molecule has 27 heavy (non-hydrogen) atoms. The highest BCUT2D eigenvalue weighted by molar-refractivity contribution is 5.93. The quantitative estimate of drug-likeness (QED) is 0.747. The largest absolute Gasteiger partial charge is 0.340 e. The smallest absolute Gasteiger partial charge is 0.272 e. The van der Waals surface area contributed by atoms with Crippen LogP contribution in [-0.2, 0) is 12.5 Å². The van der Waals surface area contributed by atoms with Crippen LogP contribution in [0.25, 0.3) is 11.0 Å². The third kappa shape index (κ3) is 3.24. The molecule has 0 spiro atoms. The maximum absolute atomic E-state index is 13.4. The first kappa shape index (κ1) is 17.8. The number of carbonyl (C=O) groups excluding carboxylic acids is 1. The molecule has 1 amide bonds. The van der Waals surface area contributed by atoms with Crippen LogP contribution in [0.3, 0.4) is 0 Å². The molecule has 1 aromatic carbocycles. The van der Waals surface area contributed by atoms with E-state index in [0.29, 0.717) is 5.69 Å². The molecule has 1 fully saturated rings. The van der Waals surface area contributed by atoms with Crippen LogP contribution in [0.1, 0.15) is 68.1 Å². The zero-order chi connectivity index (χ0) is 19.2. The molecule has 1 N–H and O–H groups in total. The van der Waals surface area contributed by atoms with E-state index in [0.717, 1.165) is 48.4 Å². The summed E-state index contributed by atoms with van der Waals surface area (Å²) in [5.41, 5.74) is 3.45. The predicted molar refractivity (Wildman–Crippen MR) is 106 cm³/mol. The number of rotatable bonds is 2. The third-order valence-electron chi connectivity index (χ3n) is 5.35. The number of para-hydroxylation sites is 2. The van der Waals surface area contributed by atoms with Gasteiger partial charge in [0.05, 0.1) is 22.8 Å². The number of piperidine rings is 1. The van der Waals surface area contributed by atoms with E-state index >= 15 is 0 Å². The highest BCUT2D eigenvalue weighted by Crippen LogP contribution is 2.32. The van der Waals surface area contributed by atoms with Gasteiger partial charge in [-0.25, -0.2) is 4.98 Å². The van der Waals surface area contributed by atoms with Crippen molar-refractivity contribution in [3.8, 4) is 0 Å². The van der Waals surface area contributed by atoms with Gasteiger partial charge in [-0.1, -0.05) is 32.9 Å². The van der Waals surface area contributed by atoms with Gasteiger partial charge in [0, 0.05) is 19.0 Å². The van der Waals surface area contributed by atoms with Gasteiger partial charge < -0.3 is 9.88 Å². The number of aryl methyl sites for hydroxylation is 1. The minimum absolute atomic E-state index is 0.0216. The van der Waals surface area contributed by atoms with Gasteiger partial charge in [-0.2, -0.15) is 5.10 Å². The van der Waals surface area contributed by atoms with Crippen molar-refractivity contribution < 1.29 is 4.79 Å². The summed E-state index contributed by atoms with van der Waals surface area (Å²) in [6.45, 7) is 7.08. The van der Waals surface area contributed by atoms with E-state index in [1.54, 1.807) is 4.68 Å². The molecule has 1 aliphatic heterocycles. The molecule has 3 heterocycles. The standard InChI is InChI=1S/C21H27N5O/c1-21(2,3)18-13-17(25(4)24-18)20(27)26-12-8-7-11-16(26)19-22-14-9-5-6-10-15(14)23-19/h5-6,9-10,13,16H,7-8,11-12H2,1-4H3,(H,22,23)/t16-/m0/s1. The molecule has 142 valence electrons. The van der Waals surface area contributed by atoms with Crippen LogP contribution >= 0.6 is 0 Å². The Balaban J connectivity index is 1.68. The number of likely N-dealkylation sites (tertiary alicyclic amines) is 1. The van der Waals surface area contributed by atoms with Crippen LogP contribution in [0.2, 0.25) is 0 Å². The van der Waals surface area contributed by atoms with E-state index < -0.39 is 0 Å². The lowest BCUT2D eigenvalue weighted by molar-refractivity contribution is 0.0590. The number of nitrogens with zero attached hydrogens (tertiary/aromatic N) is 4. The molecule has 0 saturated carbocycles. The molecular weight excluding hydrogens is 338 g/mol. The van der Waals surface area contributed by atoms with Crippen molar-refractivity contribution >= 4 is 16.9 Å². The van der Waals surface area contributed by atoms with E-state index in [1.807, 2.05) is 42.3 Å². The number of nitrogens with one attached hydrogen (secondary N) is 1. The molecule has 0 aliphatic carbocycles. The van der Waals surface area contributed by atoms with Crippen LogP contribution in [0.5, 0.6) is 0 Å². The Kier molecular flexibility index (Phi) is 4.29. The molecular formula is C21H27N5O. The van der Waals surface area contributed by atoms with Gasteiger partial charge in [-0.3, -0.25) is 9.48 Å². The molecule has 2 aromatic heterocycles. The number of hydrogen-bond donors (Lipinski definition) is 1. The average Bonchev–Trinajstić information content (AvgIpc) is 3.24. The average molecular weight is 365 g/mol. The van der Waals surface area contributed by atoms with E-state index in [-0.39, 0.29) is 17.4 Å². The van der Waals surface area contributed by atoms with Crippen LogP contribution in [0.4, 0.5) is 0 Å². The van der Waals surface area contributed by atoms with Crippen molar-refractivity contribution in [1.82, 2.24) is 24.6 Å². The van der Waals surface area contributed by atoms with Crippen LogP contribution in [-0.4, -0.2) is 37.1 Å². The fourth-order valence-corrected chi connectivity index (χ4v) is 3.77. The highest BCUT2D eigenvalue weighted by Gasteiger charge is 2.33. The van der Waals surface area contributed by atoms with Crippen molar-refractivity contribution in [2.24, 2.45) is 7.05 Å². The molecule has 4 rings (SSSR count). The van der Waals surface area contributed by atoms with Crippen molar-refractivity contribution in [3.63, 3.8) is 0 Å². The maximum Gasteiger partial charge on any atom is 0.272 e. The Hall–Kier alpha value is -2.63. The number of aromatic amines is 1. The monoisotopic (exact) mass is 365 g/mol. The minimum atomic E-state index is -0.0870. The number of benzene rings is 1. The molecule has 6 heteroatoms. The number of imidazole rings is 1. The Morgan fingerprint density at radius 1 is 1.22 bits per heavy atom. The summed E-state index contributed by atoms with van der Waals surface area (Å²) < 4.78 is 1.72. The topological polar surface area (TPSA) is 66.8 Å². The first-order valence-electron chi connectivity index (χ1n) is 9.65. The second-order valence-corrected chi connectivity index (χ2v) is 8.44. The van der Waals surface area contributed by atoms with Crippen LogP contribution in [0, 0.1) is 0 Å². The Bertz CT molecular complexity index is 945. The van der Waals surface area contributed by atoms with Gasteiger partial charge in [0.2, 0.25) is 0 Å². The summed E-state index contributed by atoms with van der Waals surface area (Å²) in [6, 6.07) is 9.93. The lowest BCUT2D eigenvalue weighted by atomic mass is 9.92. The molecule has 3 aromatic rings. The summed E-state index contributed by atoms with van der Waals surface area (Å²) in [6.07, 6.45) is 3.05. The van der Waals surface area contributed by atoms with Gasteiger partial charge in [-0.15, -0.1) is 0 Å². The lowest BCUT2D eigenvalue weighted by Gasteiger charge is -2.34. The van der Waals surface area contributed by atoms with Crippen molar-refractivity contribution in [1.29, 1.82) is 0 Å². The van der Waals surface area contributed by atoms with E-state index in [2.05, 4.69) is 30.9 Å². The molecule has 6 nitrogen and oxygen atoms in total. The maximum atomic E-state index is 13.4. The van der Waals surface area contributed by atoms with E-state index in [4.69, 9.17) is 4.98 Å². The molecule has 1 atom stereocenters. The molecule has 0 radical (unpaired) electrons. The molecule has 0 bridgehead atoms. The summed E-state index contributed by atoms with van der Waals surface area (Å²) in [5, 5.41) is 4.58. The third-order valence-corrected chi connectivity index (χ3v) is 5.35. The van der Waals surface area contributed by atoms with Crippen molar-refractivity contribution in [2.45, 2.75) is 51.5 Å². The van der Waals surface area contributed by atoms with E-state index in [1.165, 1.54) is 0 Å². The first-order valence-corrected chi connectivity index (χ1v) is 9.65. The zero-order valence-electron chi connectivity index (χ0n) is 16.5. The summed E-state index contributed by atoms with van der Waals surface area (Å²) in [5.74, 6) is 0.910. The number of H-pyrrole nitrogens is 1. The van der Waals surface area contributed by atoms with Gasteiger partial charge in [0.15, 0.2) is 0 Å². The lowest BCUT2D eigenvalue weighted by Crippen LogP contribution is -2.39. The van der Waals surface area contributed by atoms with Crippen LogP contribution < -0.4 is 0 Å². The zero-order valence-corrected chi connectivity index (χ0v) is 16.5. The Labute approximate surface area is 159 Å². The first-order chi connectivity index (χ1) is 12.8. The number of fused-ring (bicyclic) bond motifs is 1. The predicted octanol–water partition coefficient (Wildman–Crippen LogP) is 3.96. The van der Waals surface area contributed by atoms with Crippen molar-refractivity contribution in [2.75, 3.05) is 6.54 Å². The minimum Gasteiger partial charge on any atom is -0.340 e. The van der Waals surface area contributed by atoms with Gasteiger partial charge in [0.1, 0.15) is 11.5 Å². The second kappa shape index (κ2) is 6.51. The Morgan fingerprint density at radius 2 is 2.00 bits per heavy atom. The number of amides is 1. The molecule has 0 unspecified atom stereocenters. The summed E-state index contributed by atoms with van der Waals surface area (Å²) in [7, 11) is 1.85. The highest BCUT2D eigenvalue weighted by atomic mass is 16.2. The van der Waals surface area contributed by atoms with Crippen molar-refractivity contribution in [3.05, 3.63) is 47.5 Å². The fourth-order valence-electron chi connectivity index (χ4n) is 3.77. The number of hydrogen-bond acceptors (Lipinski definition) is 3. The van der Waals surface area contributed by atoms with E-state index in [9.17, 15) is 4.79 Å². The van der Waals surface area contributed by atoms with Gasteiger partial charge in [-0.05, 0) is 37.5 Å². The summed E-state index contributed by atoms with van der Waals surface area (Å²) in [4.78, 5) is 23.5. The fraction of sp³-hybridized carbons (Fsp3) is 0.476. The second-order valence-electron chi connectivity index (χ2n) is 8.44. The molecule has 1 saturated heterocycles. The summed E-state index contributed by atoms with van der Waals surface area (Å²) >= 11 is 0. The SMILES string of the molecule is Cn1nc(C(C)(C)C)cc1C(=O)N1CCCC[C@H]1c1nc2ccccc2[nH]1. The Morgan fingerprint density at radius 3 is 2.70 bits per heavy atom. The number of carbonyl (C=O) groups is 1. The van der Waals surface area contributed by atoms with Gasteiger partial charge >= 0.3 is 0 Å². The molecule has 1 aliphatic rings. The number of aromatic nitrogens is 4. The van der Waals surface area contributed by atoms with Gasteiger partial charge in [0.25, 0.3) is 5.91 Å². The normalized spacial score (nSPS) is 18.2. The van der Waals surface area contributed by atoms with Crippen LogP contribution in [0.15, 0.2) is 30.3 Å².